The molecule has 1 aromatic heterocycles. The van der Waals surface area contributed by atoms with Crippen molar-refractivity contribution < 1.29 is 14.3 Å². The van der Waals surface area contributed by atoms with Crippen LogP contribution in [-0.4, -0.2) is 23.5 Å². The molecule has 2 aromatic rings. The van der Waals surface area contributed by atoms with Crippen LogP contribution in [0, 0.1) is 0 Å². The molecular formula is C16H18N2O3S. The first-order valence-electron chi connectivity index (χ1n) is 6.89. The van der Waals surface area contributed by atoms with E-state index in [1.807, 2.05) is 11.4 Å². The molecule has 0 aliphatic rings. The van der Waals surface area contributed by atoms with E-state index in [4.69, 9.17) is 10.5 Å². The monoisotopic (exact) mass is 318 g/mol. The first-order valence-corrected chi connectivity index (χ1v) is 7.77. The van der Waals surface area contributed by atoms with Crippen LogP contribution in [0.15, 0.2) is 29.6 Å². The molecule has 0 atom stereocenters. The quantitative estimate of drug-likeness (QED) is 0.859. The zero-order valence-corrected chi connectivity index (χ0v) is 13.6. The Morgan fingerprint density at radius 1 is 1.36 bits per heavy atom. The fourth-order valence-corrected chi connectivity index (χ4v) is 2.90. The number of hydrogen-bond donors (Lipinski definition) is 1. The minimum Gasteiger partial charge on any atom is -0.465 e. The second-order valence-corrected chi connectivity index (χ2v) is 6.19. The van der Waals surface area contributed by atoms with Crippen molar-refractivity contribution >= 4 is 23.2 Å². The van der Waals surface area contributed by atoms with E-state index in [-0.39, 0.29) is 5.97 Å². The van der Waals surface area contributed by atoms with E-state index in [9.17, 15) is 9.59 Å². The summed E-state index contributed by atoms with van der Waals surface area (Å²) < 4.78 is 5.09. The third kappa shape index (κ3) is 3.17. The summed E-state index contributed by atoms with van der Waals surface area (Å²) in [7, 11) is 0. The van der Waals surface area contributed by atoms with E-state index in [2.05, 4.69) is 4.98 Å². The lowest BCUT2D eigenvalue weighted by atomic mass is 9.90. The van der Waals surface area contributed by atoms with Crippen LogP contribution in [0.3, 0.4) is 0 Å². The summed E-state index contributed by atoms with van der Waals surface area (Å²) >= 11 is 1.41. The van der Waals surface area contributed by atoms with Gasteiger partial charge in [0.2, 0.25) is 5.91 Å². The van der Waals surface area contributed by atoms with Gasteiger partial charge in [0.05, 0.1) is 12.3 Å². The first kappa shape index (κ1) is 16.2. The number of esters is 1. The van der Waals surface area contributed by atoms with Crippen molar-refractivity contribution in [3.8, 4) is 10.6 Å². The number of nitrogens with zero attached hydrogens (tertiary/aromatic N) is 1. The van der Waals surface area contributed by atoms with Crippen LogP contribution in [0.25, 0.3) is 10.6 Å². The number of carbonyl (C=O) groups excluding carboxylic acids is 2. The van der Waals surface area contributed by atoms with Gasteiger partial charge in [0.1, 0.15) is 10.4 Å². The molecule has 1 heterocycles. The standard InChI is InChI=1S/C16H18N2O3S/c1-4-21-15(20)16(2,3)12-9-22-14(18-12)11-7-5-6-10(8-11)13(17)19/h5-9H,4H2,1-3H3,(H2,17,19). The van der Waals surface area contributed by atoms with E-state index >= 15 is 0 Å². The van der Waals surface area contributed by atoms with Crippen LogP contribution >= 0.6 is 11.3 Å². The van der Waals surface area contributed by atoms with Gasteiger partial charge in [-0.25, -0.2) is 4.98 Å². The van der Waals surface area contributed by atoms with E-state index < -0.39 is 11.3 Å². The van der Waals surface area contributed by atoms with Crippen LogP contribution < -0.4 is 5.73 Å². The Bertz CT molecular complexity index is 707. The molecule has 0 saturated carbocycles. The minimum atomic E-state index is -0.813. The van der Waals surface area contributed by atoms with Crippen molar-refractivity contribution in [3.05, 3.63) is 40.9 Å². The number of hydrogen-bond acceptors (Lipinski definition) is 5. The lowest BCUT2D eigenvalue weighted by Gasteiger charge is -2.19. The SMILES string of the molecule is CCOC(=O)C(C)(C)c1csc(-c2cccc(C(N)=O)c2)n1. The maximum atomic E-state index is 12.0. The molecule has 0 radical (unpaired) electrons. The number of thiazole rings is 1. The molecule has 0 bridgehead atoms. The third-order valence-corrected chi connectivity index (χ3v) is 4.22. The highest BCUT2D eigenvalue weighted by molar-refractivity contribution is 7.13. The number of rotatable bonds is 5. The highest BCUT2D eigenvalue weighted by Crippen LogP contribution is 2.31. The Balaban J connectivity index is 2.34. The number of carbonyl (C=O) groups is 2. The number of nitrogens with two attached hydrogens (primary N) is 1. The van der Waals surface area contributed by atoms with Crippen LogP contribution in [0.4, 0.5) is 0 Å². The molecule has 0 spiro atoms. The molecular weight excluding hydrogens is 300 g/mol. The van der Waals surface area contributed by atoms with Gasteiger partial charge in [-0.05, 0) is 32.9 Å². The van der Waals surface area contributed by atoms with E-state index in [1.54, 1.807) is 39.0 Å². The molecule has 1 amide bonds. The molecule has 0 unspecified atom stereocenters. The molecule has 116 valence electrons. The van der Waals surface area contributed by atoms with Gasteiger partial charge in [-0.3, -0.25) is 9.59 Å². The summed E-state index contributed by atoms with van der Waals surface area (Å²) in [6.07, 6.45) is 0. The second-order valence-electron chi connectivity index (χ2n) is 5.33. The largest absolute Gasteiger partial charge is 0.465 e. The Morgan fingerprint density at radius 3 is 2.73 bits per heavy atom. The van der Waals surface area contributed by atoms with E-state index in [0.29, 0.717) is 17.9 Å². The molecule has 2 rings (SSSR count). The van der Waals surface area contributed by atoms with Crippen molar-refractivity contribution in [2.24, 2.45) is 5.73 Å². The molecule has 22 heavy (non-hydrogen) atoms. The minimum absolute atomic E-state index is 0.308. The predicted molar refractivity (Wildman–Crippen MR) is 85.7 cm³/mol. The summed E-state index contributed by atoms with van der Waals surface area (Å²) in [4.78, 5) is 27.8. The van der Waals surface area contributed by atoms with Crippen molar-refractivity contribution in [3.63, 3.8) is 0 Å². The predicted octanol–water partition coefficient (Wildman–Crippen LogP) is 2.75. The molecule has 5 nitrogen and oxygen atoms in total. The van der Waals surface area contributed by atoms with Crippen LogP contribution in [-0.2, 0) is 14.9 Å². The Kier molecular flexibility index (Phi) is 4.61. The first-order chi connectivity index (χ1) is 10.4. The maximum absolute atomic E-state index is 12.0. The molecule has 6 heteroatoms. The highest BCUT2D eigenvalue weighted by atomic mass is 32.1. The summed E-state index contributed by atoms with van der Waals surface area (Å²) in [5.74, 6) is -0.789. The zero-order chi connectivity index (χ0) is 16.3. The summed E-state index contributed by atoms with van der Waals surface area (Å²) in [5, 5.41) is 2.57. The molecule has 0 aliphatic heterocycles. The Labute approximate surface area is 133 Å². The van der Waals surface area contributed by atoms with Gasteiger partial charge in [0, 0.05) is 16.5 Å². The maximum Gasteiger partial charge on any atom is 0.317 e. The van der Waals surface area contributed by atoms with Crippen molar-refractivity contribution in [1.82, 2.24) is 4.98 Å². The molecule has 2 N–H and O–H groups in total. The van der Waals surface area contributed by atoms with Crippen molar-refractivity contribution in [2.45, 2.75) is 26.2 Å². The van der Waals surface area contributed by atoms with Crippen molar-refractivity contribution in [1.29, 1.82) is 0 Å². The van der Waals surface area contributed by atoms with Crippen LogP contribution in [0.5, 0.6) is 0 Å². The fourth-order valence-electron chi connectivity index (χ4n) is 1.91. The topological polar surface area (TPSA) is 82.3 Å². The van der Waals surface area contributed by atoms with Gasteiger partial charge in [-0.15, -0.1) is 11.3 Å². The van der Waals surface area contributed by atoms with Gasteiger partial charge in [-0.2, -0.15) is 0 Å². The number of primary amides is 1. The highest BCUT2D eigenvalue weighted by Gasteiger charge is 2.34. The molecule has 0 fully saturated rings. The van der Waals surface area contributed by atoms with Gasteiger partial charge in [0.25, 0.3) is 0 Å². The Hall–Kier alpha value is -2.21. The van der Waals surface area contributed by atoms with E-state index in [0.717, 1.165) is 10.6 Å². The number of benzene rings is 1. The summed E-state index contributed by atoms with van der Waals surface area (Å²) in [6, 6.07) is 6.96. The average Bonchev–Trinajstić information content (AvgIpc) is 2.98. The summed E-state index contributed by atoms with van der Waals surface area (Å²) in [6.45, 7) is 5.67. The van der Waals surface area contributed by atoms with Gasteiger partial charge in [0.15, 0.2) is 0 Å². The lowest BCUT2D eigenvalue weighted by Crippen LogP contribution is -2.31. The smallest absolute Gasteiger partial charge is 0.317 e. The Morgan fingerprint density at radius 2 is 2.09 bits per heavy atom. The third-order valence-electron chi connectivity index (χ3n) is 3.32. The van der Waals surface area contributed by atoms with Gasteiger partial charge in [-0.1, -0.05) is 12.1 Å². The average molecular weight is 318 g/mol. The zero-order valence-electron chi connectivity index (χ0n) is 12.8. The number of ether oxygens (including phenoxy) is 1. The fraction of sp³-hybridized carbons (Fsp3) is 0.312. The van der Waals surface area contributed by atoms with Gasteiger partial charge < -0.3 is 10.5 Å². The summed E-state index contributed by atoms with van der Waals surface area (Å²) in [5.41, 5.74) is 6.35. The molecule has 0 aliphatic carbocycles. The number of aromatic nitrogens is 1. The normalized spacial score (nSPS) is 11.2. The van der Waals surface area contributed by atoms with Crippen molar-refractivity contribution in [2.75, 3.05) is 6.61 Å². The molecule has 1 aromatic carbocycles. The molecule has 0 saturated heterocycles. The van der Waals surface area contributed by atoms with E-state index in [1.165, 1.54) is 11.3 Å². The van der Waals surface area contributed by atoms with Crippen LogP contribution in [0.2, 0.25) is 0 Å². The second kappa shape index (κ2) is 6.27. The number of amides is 1. The lowest BCUT2D eigenvalue weighted by molar-refractivity contribution is -0.148. The van der Waals surface area contributed by atoms with Gasteiger partial charge >= 0.3 is 5.97 Å². The van der Waals surface area contributed by atoms with Crippen LogP contribution in [0.1, 0.15) is 36.8 Å².